The molecular formula is C13H13ClN2O2S. The van der Waals surface area contributed by atoms with Crippen molar-refractivity contribution in [3.05, 3.63) is 46.1 Å². The molecule has 0 aromatic heterocycles. The van der Waals surface area contributed by atoms with Gasteiger partial charge in [-0.3, -0.25) is 0 Å². The van der Waals surface area contributed by atoms with Gasteiger partial charge in [0.15, 0.2) is 5.11 Å². The first-order chi connectivity index (χ1) is 9.02. The molecule has 0 aliphatic carbocycles. The maximum Gasteiger partial charge on any atom is 0.337 e. The van der Waals surface area contributed by atoms with E-state index in [0.717, 1.165) is 5.56 Å². The third-order valence-corrected chi connectivity index (χ3v) is 3.31. The molecule has 1 heterocycles. The normalized spacial score (nSPS) is 18.7. The van der Waals surface area contributed by atoms with Crippen LogP contribution in [0.15, 0.2) is 35.5 Å². The van der Waals surface area contributed by atoms with Crippen molar-refractivity contribution < 1.29 is 9.53 Å². The second kappa shape index (κ2) is 5.59. The minimum atomic E-state index is -0.398. The van der Waals surface area contributed by atoms with E-state index in [1.165, 1.54) is 7.11 Å². The lowest BCUT2D eigenvalue weighted by molar-refractivity contribution is -0.136. The molecule has 2 N–H and O–H groups in total. The quantitative estimate of drug-likeness (QED) is 0.648. The lowest BCUT2D eigenvalue weighted by atomic mass is 9.96. The number of thiocarbonyl (C=S) groups is 1. The zero-order valence-electron chi connectivity index (χ0n) is 10.5. The van der Waals surface area contributed by atoms with E-state index in [1.54, 1.807) is 19.1 Å². The van der Waals surface area contributed by atoms with Crippen LogP contribution in [0.4, 0.5) is 0 Å². The Morgan fingerprint density at radius 1 is 1.47 bits per heavy atom. The van der Waals surface area contributed by atoms with Crippen LogP contribution in [-0.2, 0) is 9.53 Å². The molecule has 19 heavy (non-hydrogen) atoms. The summed E-state index contributed by atoms with van der Waals surface area (Å²) < 4.78 is 4.82. The van der Waals surface area contributed by atoms with Gasteiger partial charge in [0, 0.05) is 10.7 Å². The van der Waals surface area contributed by atoms with Crippen molar-refractivity contribution in [3.8, 4) is 0 Å². The van der Waals surface area contributed by atoms with E-state index in [2.05, 4.69) is 10.6 Å². The van der Waals surface area contributed by atoms with Gasteiger partial charge >= 0.3 is 5.97 Å². The highest BCUT2D eigenvalue weighted by molar-refractivity contribution is 7.80. The largest absolute Gasteiger partial charge is 0.466 e. The highest BCUT2D eigenvalue weighted by atomic mass is 35.5. The SMILES string of the molecule is COC(=O)C1=C(C)NC(=S)N[C@H]1c1cccc(Cl)c1. The van der Waals surface area contributed by atoms with Gasteiger partial charge < -0.3 is 15.4 Å². The third kappa shape index (κ3) is 2.88. The summed E-state index contributed by atoms with van der Waals surface area (Å²) >= 11 is 11.1. The minimum absolute atomic E-state index is 0.361. The van der Waals surface area contributed by atoms with Gasteiger partial charge in [-0.1, -0.05) is 23.7 Å². The second-order valence-electron chi connectivity index (χ2n) is 4.12. The Morgan fingerprint density at radius 2 is 2.21 bits per heavy atom. The first kappa shape index (κ1) is 13.8. The number of hydrogen-bond acceptors (Lipinski definition) is 3. The van der Waals surface area contributed by atoms with Crippen LogP contribution in [0.1, 0.15) is 18.5 Å². The molecule has 0 saturated carbocycles. The monoisotopic (exact) mass is 296 g/mol. The molecule has 100 valence electrons. The fourth-order valence-corrected chi connectivity index (χ4v) is 2.48. The van der Waals surface area contributed by atoms with E-state index in [4.69, 9.17) is 28.6 Å². The van der Waals surface area contributed by atoms with Crippen molar-refractivity contribution in [2.75, 3.05) is 7.11 Å². The fraction of sp³-hybridized carbons (Fsp3) is 0.231. The molecule has 1 aliphatic heterocycles. The van der Waals surface area contributed by atoms with Crippen LogP contribution >= 0.6 is 23.8 Å². The van der Waals surface area contributed by atoms with Crippen molar-refractivity contribution in [2.45, 2.75) is 13.0 Å². The maximum absolute atomic E-state index is 11.9. The van der Waals surface area contributed by atoms with Crippen LogP contribution in [0, 0.1) is 0 Å². The summed E-state index contributed by atoms with van der Waals surface area (Å²) in [6.07, 6.45) is 0. The number of allylic oxidation sites excluding steroid dienone is 1. The summed E-state index contributed by atoms with van der Waals surface area (Å²) in [7, 11) is 1.35. The molecule has 0 spiro atoms. The van der Waals surface area contributed by atoms with E-state index >= 15 is 0 Å². The number of methoxy groups -OCH3 is 1. The molecule has 4 nitrogen and oxygen atoms in total. The molecule has 1 aromatic rings. The molecule has 1 aliphatic rings. The standard InChI is InChI=1S/C13H13ClN2O2S/c1-7-10(12(17)18-2)11(16-13(19)15-7)8-4-3-5-9(14)6-8/h3-6,11H,1-2H3,(H2,15,16,19)/t11-/m0/s1. The molecule has 0 bridgehead atoms. The van der Waals surface area contributed by atoms with Crippen LogP contribution in [-0.4, -0.2) is 18.2 Å². The van der Waals surface area contributed by atoms with Crippen LogP contribution < -0.4 is 10.6 Å². The van der Waals surface area contributed by atoms with E-state index in [-0.39, 0.29) is 6.04 Å². The van der Waals surface area contributed by atoms with Crippen molar-refractivity contribution in [3.63, 3.8) is 0 Å². The highest BCUT2D eigenvalue weighted by Gasteiger charge is 2.30. The van der Waals surface area contributed by atoms with Gasteiger partial charge in [0.1, 0.15) is 0 Å². The Labute approximate surface area is 121 Å². The zero-order chi connectivity index (χ0) is 14.0. The van der Waals surface area contributed by atoms with E-state index in [9.17, 15) is 4.79 Å². The fourth-order valence-electron chi connectivity index (χ4n) is 2.01. The number of ether oxygens (including phenoxy) is 1. The maximum atomic E-state index is 11.9. The van der Waals surface area contributed by atoms with Gasteiger partial charge in [0.05, 0.1) is 18.7 Å². The molecule has 0 fully saturated rings. The van der Waals surface area contributed by atoms with Crippen molar-refractivity contribution in [2.24, 2.45) is 0 Å². The highest BCUT2D eigenvalue weighted by Crippen LogP contribution is 2.28. The Morgan fingerprint density at radius 3 is 2.84 bits per heavy atom. The number of carbonyl (C=O) groups excluding carboxylic acids is 1. The molecule has 0 radical (unpaired) electrons. The number of carbonyl (C=O) groups is 1. The smallest absolute Gasteiger partial charge is 0.337 e. The molecule has 1 aromatic carbocycles. The summed E-state index contributed by atoms with van der Waals surface area (Å²) in [5.74, 6) is -0.398. The lowest BCUT2D eigenvalue weighted by Gasteiger charge is -2.29. The summed E-state index contributed by atoms with van der Waals surface area (Å²) in [6, 6.07) is 6.92. The number of benzene rings is 1. The molecule has 1 atom stereocenters. The number of esters is 1. The van der Waals surface area contributed by atoms with Crippen LogP contribution in [0.5, 0.6) is 0 Å². The van der Waals surface area contributed by atoms with Crippen LogP contribution in [0.2, 0.25) is 5.02 Å². The summed E-state index contributed by atoms with van der Waals surface area (Å²) in [5, 5.41) is 7.05. The summed E-state index contributed by atoms with van der Waals surface area (Å²) in [4.78, 5) is 11.9. The number of hydrogen-bond donors (Lipinski definition) is 2. The Kier molecular flexibility index (Phi) is 4.07. The van der Waals surface area contributed by atoms with E-state index in [1.807, 2.05) is 12.1 Å². The molecular weight excluding hydrogens is 284 g/mol. The number of nitrogens with one attached hydrogen (secondary N) is 2. The van der Waals surface area contributed by atoms with Crippen molar-refractivity contribution >= 4 is 34.9 Å². The molecule has 0 unspecified atom stereocenters. The molecule has 0 saturated heterocycles. The Balaban J connectivity index is 2.49. The van der Waals surface area contributed by atoms with Gasteiger partial charge in [-0.2, -0.15) is 0 Å². The summed E-state index contributed by atoms with van der Waals surface area (Å²) in [5.41, 5.74) is 2.04. The van der Waals surface area contributed by atoms with E-state index < -0.39 is 5.97 Å². The van der Waals surface area contributed by atoms with Gasteiger partial charge in [0.25, 0.3) is 0 Å². The minimum Gasteiger partial charge on any atom is -0.466 e. The van der Waals surface area contributed by atoms with Gasteiger partial charge in [-0.25, -0.2) is 4.79 Å². The first-order valence-corrected chi connectivity index (χ1v) is 6.43. The molecule has 6 heteroatoms. The zero-order valence-corrected chi connectivity index (χ0v) is 12.1. The Hall–Kier alpha value is -1.59. The van der Waals surface area contributed by atoms with Gasteiger partial charge in [-0.05, 0) is 36.8 Å². The summed E-state index contributed by atoms with van der Waals surface area (Å²) in [6.45, 7) is 1.79. The number of rotatable bonds is 2. The molecule has 2 rings (SSSR count). The lowest BCUT2D eigenvalue weighted by Crippen LogP contribution is -2.45. The average Bonchev–Trinajstić information content (AvgIpc) is 2.37. The van der Waals surface area contributed by atoms with Gasteiger partial charge in [-0.15, -0.1) is 0 Å². The first-order valence-electron chi connectivity index (χ1n) is 5.65. The third-order valence-electron chi connectivity index (χ3n) is 2.86. The van der Waals surface area contributed by atoms with Crippen LogP contribution in [0.3, 0.4) is 0 Å². The van der Waals surface area contributed by atoms with E-state index in [0.29, 0.717) is 21.4 Å². The van der Waals surface area contributed by atoms with Crippen molar-refractivity contribution in [1.82, 2.24) is 10.6 Å². The average molecular weight is 297 g/mol. The number of halogens is 1. The van der Waals surface area contributed by atoms with Crippen LogP contribution in [0.25, 0.3) is 0 Å². The van der Waals surface area contributed by atoms with Gasteiger partial charge in [0.2, 0.25) is 0 Å². The molecule has 0 amide bonds. The Bertz CT molecular complexity index is 572. The topological polar surface area (TPSA) is 50.4 Å². The van der Waals surface area contributed by atoms with Crippen molar-refractivity contribution in [1.29, 1.82) is 0 Å². The second-order valence-corrected chi connectivity index (χ2v) is 4.96. The predicted molar refractivity (Wildman–Crippen MR) is 77.8 cm³/mol. The predicted octanol–water partition coefficient (Wildman–Crippen LogP) is 2.31.